The molecule has 0 saturated carbocycles. The number of carbonyl (C=O) groups excluding carboxylic acids is 1. The molecule has 0 heterocycles. The Morgan fingerprint density at radius 3 is 2.35 bits per heavy atom. The molecule has 0 spiro atoms. The van der Waals surface area contributed by atoms with Crippen LogP contribution in [0.1, 0.15) is 27.0 Å². The Balaban J connectivity index is 0.000000273. The Morgan fingerprint density at radius 1 is 1.23 bits per heavy atom. The molecule has 0 fully saturated rings. The SMILES string of the molecule is COC(=O)c1c(Cl)cccc1CN=[N+]=[N-].NCc1cccc(Cl)c1CO. The standard InChI is InChI=1S/C9H8ClN3O2.C8H10ClNO/c1-15-9(14)8-6(5-12-13-11)3-2-4-7(8)10;9-8-3-1-2-6(4-10)7(8)5-11/h2-4H,5H2,1H3;1-3,11H,4-5,10H2. The van der Waals surface area contributed by atoms with Crippen molar-refractivity contribution >= 4 is 29.2 Å². The minimum absolute atomic E-state index is 0.0494. The first kappa shape index (κ1) is 21.8. The summed E-state index contributed by atoms with van der Waals surface area (Å²) in [7, 11) is 1.27. The number of aliphatic hydroxyl groups excluding tert-OH is 1. The van der Waals surface area contributed by atoms with E-state index in [0.29, 0.717) is 17.1 Å². The van der Waals surface area contributed by atoms with Gasteiger partial charge in [-0.15, -0.1) is 0 Å². The Bertz CT molecular complexity index is 809. The second-order valence-electron chi connectivity index (χ2n) is 4.89. The van der Waals surface area contributed by atoms with Crippen LogP contribution in [0, 0.1) is 0 Å². The van der Waals surface area contributed by atoms with Gasteiger partial charge in [-0.1, -0.05) is 52.6 Å². The van der Waals surface area contributed by atoms with Gasteiger partial charge in [-0.25, -0.2) is 4.79 Å². The number of nitrogens with zero attached hydrogens (tertiary/aromatic N) is 3. The summed E-state index contributed by atoms with van der Waals surface area (Å²) in [5, 5.41) is 13.1. The second kappa shape index (κ2) is 11.4. The summed E-state index contributed by atoms with van der Waals surface area (Å²) in [5.41, 5.74) is 16.0. The average molecular weight is 397 g/mol. The van der Waals surface area contributed by atoms with E-state index in [1.165, 1.54) is 7.11 Å². The molecule has 0 bridgehead atoms. The van der Waals surface area contributed by atoms with E-state index in [1.807, 2.05) is 12.1 Å². The summed E-state index contributed by atoms with van der Waals surface area (Å²) in [6.45, 7) is 0.435. The third-order valence-corrected chi connectivity index (χ3v) is 4.06. The molecular weight excluding hydrogens is 379 g/mol. The zero-order valence-electron chi connectivity index (χ0n) is 14.0. The van der Waals surface area contributed by atoms with Crippen molar-refractivity contribution in [1.82, 2.24) is 0 Å². The van der Waals surface area contributed by atoms with Crippen LogP contribution in [0.25, 0.3) is 10.4 Å². The van der Waals surface area contributed by atoms with Crippen LogP contribution in [0.15, 0.2) is 41.5 Å². The highest BCUT2D eigenvalue weighted by Gasteiger charge is 2.14. The van der Waals surface area contributed by atoms with Crippen molar-refractivity contribution in [3.63, 3.8) is 0 Å². The minimum atomic E-state index is -0.538. The molecule has 0 amide bonds. The van der Waals surface area contributed by atoms with E-state index in [9.17, 15) is 4.79 Å². The largest absolute Gasteiger partial charge is 0.465 e. The molecular formula is C17H18Cl2N4O3. The van der Waals surface area contributed by atoms with Gasteiger partial charge in [0.05, 0.1) is 30.8 Å². The Morgan fingerprint density at radius 2 is 1.85 bits per heavy atom. The van der Waals surface area contributed by atoms with Crippen molar-refractivity contribution in [2.24, 2.45) is 10.8 Å². The summed E-state index contributed by atoms with van der Waals surface area (Å²) in [6.07, 6.45) is 0. The highest BCUT2D eigenvalue weighted by Crippen LogP contribution is 2.22. The molecule has 0 saturated heterocycles. The van der Waals surface area contributed by atoms with Crippen LogP contribution in [0.2, 0.25) is 10.0 Å². The monoisotopic (exact) mass is 396 g/mol. The first-order valence-corrected chi connectivity index (χ1v) is 8.19. The highest BCUT2D eigenvalue weighted by atomic mass is 35.5. The molecule has 9 heteroatoms. The van der Waals surface area contributed by atoms with Crippen molar-refractivity contribution in [3.05, 3.63) is 79.1 Å². The molecule has 2 aromatic rings. The van der Waals surface area contributed by atoms with Gasteiger partial charge in [-0.2, -0.15) is 0 Å². The van der Waals surface area contributed by atoms with Gasteiger partial charge in [0.2, 0.25) is 0 Å². The van der Waals surface area contributed by atoms with Crippen LogP contribution < -0.4 is 5.73 Å². The fourth-order valence-corrected chi connectivity index (χ4v) is 2.64. The number of carbonyl (C=O) groups is 1. The maximum Gasteiger partial charge on any atom is 0.339 e. The van der Waals surface area contributed by atoms with E-state index in [2.05, 4.69) is 14.8 Å². The molecule has 0 radical (unpaired) electrons. The number of nitrogens with two attached hydrogens (primary N) is 1. The molecule has 0 atom stereocenters. The van der Waals surface area contributed by atoms with Crippen molar-refractivity contribution in [3.8, 4) is 0 Å². The van der Waals surface area contributed by atoms with Crippen LogP contribution >= 0.6 is 23.2 Å². The zero-order valence-corrected chi connectivity index (χ0v) is 15.5. The number of methoxy groups -OCH3 is 1. The van der Waals surface area contributed by atoms with E-state index >= 15 is 0 Å². The van der Waals surface area contributed by atoms with Crippen LogP contribution in [0.3, 0.4) is 0 Å². The van der Waals surface area contributed by atoms with Crippen molar-refractivity contribution in [2.45, 2.75) is 19.7 Å². The molecule has 2 rings (SSSR count). The average Bonchev–Trinajstić information content (AvgIpc) is 2.66. The van der Waals surface area contributed by atoms with Gasteiger partial charge in [-0.3, -0.25) is 0 Å². The number of aliphatic hydroxyl groups is 1. The first-order chi connectivity index (χ1) is 12.5. The number of halogens is 2. The summed E-state index contributed by atoms with van der Waals surface area (Å²) < 4.78 is 4.58. The fourth-order valence-electron chi connectivity index (χ4n) is 2.11. The maximum atomic E-state index is 11.4. The highest BCUT2D eigenvalue weighted by molar-refractivity contribution is 6.33. The molecule has 0 aliphatic heterocycles. The van der Waals surface area contributed by atoms with Gasteiger partial charge in [0.15, 0.2) is 0 Å². The normalized spacial score (nSPS) is 9.58. The molecule has 0 aliphatic rings. The lowest BCUT2D eigenvalue weighted by Gasteiger charge is -2.06. The van der Waals surface area contributed by atoms with Crippen LogP contribution in [0.5, 0.6) is 0 Å². The number of hydrogen-bond acceptors (Lipinski definition) is 5. The Kier molecular flexibility index (Phi) is 9.51. The van der Waals surface area contributed by atoms with Gasteiger partial charge in [-0.05, 0) is 28.8 Å². The van der Waals surface area contributed by atoms with Gasteiger partial charge in [0, 0.05) is 22.0 Å². The molecule has 3 N–H and O–H groups in total. The topological polar surface area (TPSA) is 121 Å². The molecule has 0 aromatic heterocycles. The lowest BCUT2D eigenvalue weighted by atomic mass is 10.1. The lowest BCUT2D eigenvalue weighted by Crippen LogP contribution is -2.06. The van der Waals surface area contributed by atoms with E-state index in [4.69, 9.17) is 39.6 Å². The maximum absolute atomic E-state index is 11.4. The number of benzene rings is 2. The van der Waals surface area contributed by atoms with Crippen LogP contribution in [-0.2, 0) is 24.4 Å². The van der Waals surface area contributed by atoms with E-state index < -0.39 is 5.97 Å². The van der Waals surface area contributed by atoms with Gasteiger partial charge >= 0.3 is 5.97 Å². The van der Waals surface area contributed by atoms with Crippen LogP contribution in [0.4, 0.5) is 0 Å². The number of ether oxygens (including phenoxy) is 1. The second-order valence-corrected chi connectivity index (χ2v) is 5.71. The summed E-state index contributed by atoms with van der Waals surface area (Å²) in [4.78, 5) is 14.0. The fraction of sp³-hybridized carbons (Fsp3) is 0.235. The zero-order chi connectivity index (χ0) is 19.5. The summed E-state index contributed by atoms with van der Waals surface area (Å²) >= 11 is 11.6. The van der Waals surface area contributed by atoms with E-state index in [0.717, 1.165) is 11.1 Å². The predicted octanol–water partition coefficient (Wildman–Crippen LogP) is 4.23. The van der Waals surface area contributed by atoms with Crippen molar-refractivity contribution in [2.75, 3.05) is 7.11 Å². The van der Waals surface area contributed by atoms with Gasteiger partial charge in [0.25, 0.3) is 0 Å². The Hall–Kier alpha value is -2.28. The molecule has 26 heavy (non-hydrogen) atoms. The predicted molar refractivity (Wildman–Crippen MR) is 101 cm³/mol. The van der Waals surface area contributed by atoms with Crippen LogP contribution in [-0.4, -0.2) is 18.2 Å². The lowest BCUT2D eigenvalue weighted by molar-refractivity contribution is 0.0599. The van der Waals surface area contributed by atoms with Gasteiger partial charge < -0.3 is 15.6 Å². The summed E-state index contributed by atoms with van der Waals surface area (Å²) in [5.74, 6) is -0.538. The number of esters is 1. The van der Waals surface area contributed by atoms with E-state index in [1.54, 1.807) is 24.3 Å². The molecule has 0 unspecified atom stereocenters. The van der Waals surface area contributed by atoms with E-state index in [-0.39, 0.29) is 23.7 Å². The molecule has 0 aliphatic carbocycles. The van der Waals surface area contributed by atoms with Gasteiger partial charge in [0.1, 0.15) is 0 Å². The number of rotatable bonds is 5. The summed E-state index contributed by atoms with van der Waals surface area (Å²) in [6, 6.07) is 10.3. The smallest absolute Gasteiger partial charge is 0.339 e. The molecule has 2 aromatic carbocycles. The first-order valence-electron chi connectivity index (χ1n) is 7.43. The number of hydrogen-bond donors (Lipinski definition) is 2. The Labute approximate surface area is 160 Å². The minimum Gasteiger partial charge on any atom is -0.465 e. The quantitative estimate of drug-likeness (QED) is 0.339. The van der Waals surface area contributed by atoms with Crippen molar-refractivity contribution in [1.29, 1.82) is 0 Å². The number of azide groups is 1. The molecule has 7 nitrogen and oxygen atoms in total. The van der Waals surface area contributed by atoms with Crippen molar-refractivity contribution < 1.29 is 14.6 Å². The third-order valence-electron chi connectivity index (χ3n) is 3.39. The third kappa shape index (κ3) is 5.91. The molecule has 138 valence electrons.